The van der Waals surface area contributed by atoms with Gasteiger partial charge in [-0.25, -0.2) is 9.59 Å². The van der Waals surface area contributed by atoms with Crippen molar-refractivity contribution >= 4 is 23.5 Å². The topological polar surface area (TPSA) is 124 Å². The van der Waals surface area contributed by atoms with Crippen LogP contribution < -0.4 is 18.9 Å². The van der Waals surface area contributed by atoms with Gasteiger partial charge in [-0.1, -0.05) is 13.8 Å². The van der Waals surface area contributed by atoms with Crippen LogP contribution in [0.1, 0.15) is 81.0 Å². The van der Waals surface area contributed by atoms with Crippen LogP contribution in [0.5, 0.6) is 23.0 Å². The fourth-order valence-corrected chi connectivity index (χ4v) is 4.63. The third-order valence-corrected chi connectivity index (χ3v) is 7.27. The van der Waals surface area contributed by atoms with Crippen molar-refractivity contribution in [2.75, 3.05) is 39.6 Å². The molecule has 4 rings (SSSR count). The number of carbonyl (C=O) groups is 4. The molecule has 0 saturated carbocycles. The van der Waals surface area contributed by atoms with Crippen molar-refractivity contribution in [3.8, 4) is 23.0 Å². The standard InChI is InChI=1S/C40H42O10/c1-3-5-37(41)29-7-19-35(20-8-29)49-39(43)31-11-15-33(16-12-31)47-27-25-45-23-24-46-26-28-48-34-17-13-32(14-18-34)40(44)50-36-21-9-30(10-22-36)38(42)6-4-2/h7-22H,3-6,23-28H2,1-2H3. The van der Waals surface area contributed by atoms with E-state index in [4.69, 9.17) is 28.4 Å². The number of Topliss-reactive ketones (excluding diaryl/α,β-unsaturated/α-hetero) is 2. The van der Waals surface area contributed by atoms with Gasteiger partial charge in [0.25, 0.3) is 0 Å². The van der Waals surface area contributed by atoms with Crippen molar-refractivity contribution in [1.82, 2.24) is 0 Å². The first kappa shape index (κ1) is 37.5. The Labute approximate surface area is 292 Å². The Morgan fingerprint density at radius 2 is 0.700 bits per heavy atom. The molecule has 0 aromatic heterocycles. The predicted molar refractivity (Wildman–Crippen MR) is 187 cm³/mol. The summed E-state index contributed by atoms with van der Waals surface area (Å²) in [6.07, 6.45) is 2.52. The second-order valence-electron chi connectivity index (χ2n) is 11.1. The zero-order valence-corrected chi connectivity index (χ0v) is 28.4. The van der Waals surface area contributed by atoms with Crippen LogP contribution in [0.4, 0.5) is 0 Å². The number of ether oxygens (including phenoxy) is 6. The average Bonchev–Trinajstić information content (AvgIpc) is 3.13. The second kappa shape index (κ2) is 20.3. The number of esters is 2. The fraction of sp³-hybridized carbons (Fsp3) is 0.300. The molecule has 262 valence electrons. The van der Waals surface area contributed by atoms with E-state index in [1.807, 2.05) is 13.8 Å². The van der Waals surface area contributed by atoms with Gasteiger partial charge in [0.1, 0.15) is 36.2 Å². The summed E-state index contributed by atoms with van der Waals surface area (Å²) in [4.78, 5) is 48.9. The van der Waals surface area contributed by atoms with Crippen LogP contribution in [-0.2, 0) is 9.47 Å². The molecule has 0 N–H and O–H groups in total. The van der Waals surface area contributed by atoms with Crippen molar-refractivity contribution in [2.45, 2.75) is 39.5 Å². The van der Waals surface area contributed by atoms with Crippen LogP contribution in [0.2, 0.25) is 0 Å². The van der Waals surface area contributed by atoms with Gasteiger partial charge in [0, 0.05) is 24.0 Å². The van der Waals surface area contributed by atoms with Crippen LogP contribution in [0, 0.1) is 0 Å². The molecule has 10 heteroatoms. The lowest BCUT2D eigenvalue weighted by Crippen LogP contribution is -2.13. The minimum absolute atomic E-state index is 0.0624. The van der Waals surface area contributed by atoms with Crippen molar-refractivity contribution in [3.63, 3.8) is 0 Å². The highest BCUT2D eigenvalue weighted by atomic mass is 16.6. The monoisotopic (exact) mass is 682 g/mol. The molecule has 0 radical (unpaired) electrons. The number of hydrogen-bond acceptors (Lipinski definition) is 10. The number of carbonyl (C=O) groups excluding carboxylic acids is 4. The molecule has 0 amide bonds. The fourth-order valence-electron chi connectivity index (χ4n) is 4.63. The normalized spacial score (nSPS) is 10.7. The summed E-state index contributed by atoms with van der Waals surface area (Å²) in [6.45, 7) is 6.04. The molecule has 10 nitrogen and oxygen atoms in total. The van der Waals surface area contributed by atoms with Gasteiger partial charge in [-0.2, -0.15) is 0 Å². The van der Waals surface area contributed by atoms with Crippen molar-refractivity contribution in [1.29, 1.82) is 0 Å². The van der Waals surface area contributed by atoms with Gasteiger partial charge in [0.2, 0.25) is 0 Å². The zero-order chi connectivity index (χ0) is 35.6. The highest BCUT2D eigenvalue weighted by molar-refractivity contribution is 5.97. The molecule has 0 saturated heterocycles. The van der Waals surface area contributed by atoms with Crippen LogP contribution in [0.25, 0.3) is 0 Å². The number of benzene rings is 4. The maximum absolute atomic E-state index is 12.5. The molecule has 0 unspecified atom stereocenters. The molecule has 0 fully saturated rings. The first-order valence-corrected chi connectivity index (χ1v) is 16.7. The lowest BCUT2D eigenvalue weighted by Gasteiger charge is -2.10. The summed E-state index contributed by atoms with van der Waals surface area (Å²) in [5.74, 6) is 1.03. The van der Waals surface area contributed by atoms with E-state index >= 15 is 0 Å². The SMILES string of the molecule is CCCC(=O)c1ccc(OC(=O)c2ccc(OCCOCCOCCOc3ccc(C(=O)Oc4ccc(C(=O)CCC)cc4)cc3)cc2)cc1. The Kier molecular flexibility index (Phi) is 15.2. The third kappa shape index (κ3) is 12.3. The summed E-state index contributed by atoms with van der Waals surface area (Å²) in [6, 6.07) is 26.3. The molecule has 4 aromatic carbocycles. The molecular weight excluding hydrogens is 640 g/mol. The molecule has 0 atom stereocenters. The predicted octanol–water partition coefficient (Wildman–Crippen LogP) is 7.58. The number of rotatable bonds is 21. The minimum Gasteiger partial charge on any atom is -0.491 e. The Morgan fingerprint density at radius 1 is 0.400 bits per heavy atom. The largest absolute Gasteiger partial charge is 0.491 e. The van der Waals surface area contributed by atoms with Crippen molar-refractivity contribution < 1.29 is 47.6 Å². The van der Waals surface area contributed by atoms with E-state index in [9.17, 15) is 19.2 Å². The highest BCUT2D eigenvalue weighted by Gasteiger charge is 2.12. The highest BCUT2D eigenvalue weighted by Crippen LogP contribution is 2.19. The lowest BCUT2D eigenvalue weighted by molar-refractivity contribution is 0.0273. The Bertz CT molecular complexity index is 1530. The van der Waals surface area contributed by atoms with Gasteiger partial charge in [-0.3, -0.25) is 9.59 Å². The van der Waals surface area contributed by atoms with Gasteiger partial charge in [0.15, 0.2) is 11.6 Å². The number of ketones is 2. The van der Waals surface area contributed by atoms with E-state index in [1.165, 1.54) is 0 Å². The van der Waals surface area contributed by atoms with Crippen molar-refractivity contribution in [2.24, 2.45) is 0 Å². The summed E-state index contributed by atoms with van der Waals surface area (Å²) in [5.41, 5.74) is 1.94. The Balaban J connectivity index is 1.03. The lowest BCUT2D eigenvalue weighted by atomic mass is 10.1. The van der Waals surface area contributed by atoms with Crippen LogP contribution >= 0.6 is 0 Å². The average molecular weight is 683 g/mol. The van der Waals surface area contributed by atoms with Crippen LogP contribution in [0.3, 0.4) is 0 Å². The van der Waals surface area contributed by atoms with Gasteiger partial charge in [0.05, 0.1) is 37.6 Å². The summed E-state index contributed by atoms with van der Waals surface area (Å²) in [7, 11) is 0. The first-order chi connectivity index (χ1) is 24.4. The van der Waals surface area contributed by atoms with Gasteiger partial charge in [-0.15, -0.1) is 0 Å². The zero-order valence-electron chi connectivity index (χ0n) is 28.4. The smallest absolute Gasteiger partial charge is 0.343 e. The third-order valence-electron chi connectivity index (χ3n) is 7.27. The van der Waals surface area contributed by atoms with E-state index in [2.05, 4.69) is 0 Å². The summed E-state index contributed by atoms with van der Waals surface area (Å²) >= 11 is 0. The van der Waals surface area contributed by atoms with Gasteiger partial charge >= 0.3 is 11.9 Å². The maximum Gasteiger partial charge on any atom is 0.343 e. The first-order valence-electron chi connectivity index (χ1n) is 16.7. The maximum atomic E-state index is 12.5. The molecule has 0 aliphatic rings. The van der Waals surface area contributed by atoms with E-state index in [-0.39, 0.29) is 11.6 Å². The molecular formula is C40H42O10. The molecule has 0 heterocycles. The quantitative estimate of drug-likeness (QED) is 0.0376. The van der Waals surface area contributed by atoms with E-state index in [1.54, 1.807) is 97.1 Å². The van der Waals surface area contributed by atoms with E-state index < -0.39 is 11.9 Å². The Hall–Kier alpha value is -5.32. The van der Waals surface area contributed by atoms with Crippen molar-refractivity contribution in [3.05, 3.63) is 119 Å². The molecule has 0 bridgehead atoms. The molecule has 0 aliphatic carbocycles. The minimum atomic E-state index is -0.505. The molecule has 0 aliphatic heterocycles. The van der Waals surface area contributed by atoms with Gasteiger partial charge in [-0.05, 0) is 110 Å². The summed E-state index contributed by atoms with van der Waals surface area (Å²) < 4.78 is 33.2. The van der Waals surface area contributed by atoms with Gasteiger partial charge < -0.3 is 28.4 Å². The molecule has 4 aromatic rings. The van der Waals surface area contributed by atoms with E-state index in [0.717, 1.165) is 12.8 Å². The number of hydrogen-bond donors (Lipinski definition) is 0. The molecule has 0 spiro atoms. The molecule has 50 heavy (non-hydrogen) atoms. The Morgan fingerprint density at radius 3 is 1.04 bits per heavy atom. The van der Waals surface area contributed by atoms with Crippen LogP contribution in [-0.4, -0.2) is 63.1 Å². The van der Waals surface area contributed by atoms with Crippen LogP contribution in [0.15, 0.2) is 97.1 Å². The summed E-state index contributed by atoms with van der Waals surface area (Å²) in [5, 5.41) is 0. The van der Waals surface area contributed by atoms with E-state index in [0.29, 0.717) is 97.7 Å². The second-order valence-corrected chi connectivity index (χ2v) is 11.1.